The number of hydrogen-bond donors (Lipinski definition) is 2. The Labute approximate surface area is 133 Å². The molecular weight excluding hydrogens is 276 g/mol. The van der Waals surface area contributed by atoms with E-state index in [1.807, 2.05) is 31.2 Å². The summed E-state index contributed by atoms with van der Waals surface area (Å²) < 4.78 is 5.68. The summed E-state index contributed by atoms with van der Waals surface area (Å²) in [7, 11) is 0. The summed E-state index contributed by atoms with van der Waals surface area (Å²) in [4.78, 5) is 12.3. The van der Waals surface area contributed by atoms with Gasteiger partial charge in [0.1, 0.15) is 5.75 Å². The van der Waals surface area contributed by atoms with Crippen molar-refractivity contribution in [3.8, 4) is 5.75 Å². The zero-order valence-electron chi connectivity index (χ0n) is 13.7. The number of benzene rings is 1. The van der Waals surface area contributed by atoms with E-state index in [0.29, 0.717) is 18.9 Å². The number of carbonyl (C=O) groups is 1. The van der Waals surface area contributed by atoms with Gasteiger partial charge in [0.15, 0.2) is 0 Å². The SMILES string of the molecule is CCOc1ccccc1C(CC)NC(=O)C[C@@H]1CCC[C@H]1N. The second-order valence-electron chi connectivity index (χ2n) is 6.06. The van der Waals surface area contributed by atoms with Gasteiger partial charge < -0.3 is 15.8 Å². The molecule has 2 rings (SSSR count). The Balaban J connectivity index is 2.01. The molecule has 0 bridgehead atoms. The van der Waals surface area contributed by atoms with Crippen molar-refractivity contribution in [2.75, 3.05) is 6.61 Å². The molecule has 4 heteroatoms. The van der Waals surface area contributed by atoms with Gasteiger partial charge in [-0.05, 0) is 38.2 Å². The van der Waals surface area contributed by atoms with Gasteiger partial charge in [0, 0.05) is 18.0 Å². The highest BCUT2D eigenvalue weighted by Crippen LogP contribution is 2.29. The normalized spacial score (nSPS) is 22.3. The fourth-order valence-corrected chi connectivity index (χ4v) is 3.27. The Morgan fingerprint density at radius 3 is 2.77 bits per heavy atom. The largest absolute Gasteiger partial charge is 0.494 e. The maximum absolute atomic E-state index is 12.3. The third-order valence-corrected chi connectivity index (χ3v) is 4.50. The molecule has 0 aliphatic heterocycles. The first-order chi connectivity index (χ1) is 10.7. The van der Waals surface area contributed by atoms with Crippen LogP contribution in [0.5, 0.6) is 5.75 Å². The molecule has 0 radical (unpaired) electrons. The Hall–Kier alpha value is -1.55. The molecule has 0 aromatic heterocycles. The maximum atomic E-state index is 12.3. The zero-order valence-corrected chi connectivity index (χ0v) is 13.7. The standard InChI is InChI=1S/C18H28N2O2/c1-3-16(14-9-5-6-11-17(14)22-4-2)20-18(21)12-13-8-7-10-15(13)19/h5-6,9,11,13,15-16H,3-4,7-8,10,12,19H2,1-2H3,(H,20,21)/t13-,15+,16?/m0/s1. The molecule has 3 atom stereocenters. The van der Waals surface area contributed by atoms with Crippen molar-refractivity contribution in [3.05, 3.63) is 29.8 Å². The number of ether oxygens (including phenoxy) is 1. The van der Waals surface area contributed by atoms with E-state index in [4.69, 9.17) is 10.5 Å². The van der Waals surface area contributed by atoms with Crippen LogP contribution < -0.4 is 15.8 Å². The Morgan fingerprint density at radius 2 is 2.14 bits per heavy atom. The highest BCUT2D eigenvalue weighted by atomic mass is 16.5. The molecule has 1 fully saturated rings. The Kier molecular flexibility index (Phi) is 6.25. The molecule has 1 amide bonds. The van der Waals surface area contributed by atoms with Crippen LogP contribution in [0.3, 0.4) is 0 Å². The Bertz CT molecular complexity index is 490. The van der Waals surface area contributed by atoms with Crippen molar-refractivity contribution in [2.24, 2.45) is 11.7 Å². The minimum Gasteiger partial charge on any atom is -0.494 e. The van der Waals surface area contributed by atoms with Crippen LogP contribution in [0, 0.1) is 5.92 Å². The summed E-state index contributed by atoms with van der Waals surface area (Å²) in [6.45, 7) is 4.67. The van der Waals surface area contributed by atoms with Crippen LogP contribution in [0.4, 0.5) is 0 Å². The molecule has 1 saturated carbocycles. The van der Waals surface area contributed by atoms with E-state index in [-0.39, 0.29) is 18.0 Å². The maximum Gasteiger partial charge on any atom is 0.220 e. The molecule has 122 valence electrons. The van der Waals surface area contributed by atoms with Crippen molar-refractivity contribution in [3.63, 3.8) is 0 Å². The minimum atomic E-state index is -0.00659. The molecule has 0 spiro atoms. The first-order valence-corrected chi connectivity index (χ1v) is 8.42. The number of amides is 1. The number of para-hydroxylation sites is 1. The van der Waals surface area contributed by atoms with E-state index in [1.54, 1.807) is 0 Å². The van der Waals surface area contributed by atoms with Gasteiger partial charge in [0.2, 0.25) is 5.91 Å². The average Bonchev–Trinajstić information content (AvgIpc) is 2.91. The van der Waals surface area contributed by atoms with Crippen molar-refractivity contribution in [2.45, 2.75) is 58.0 Å². The molecule has 1 aromatic rings. The molecule has 1 aliphatic rings. The van der Waals surface area contributed by atoms with Crippen molar-refractivity contribution < 1.29 is 9.53 Å². The van der Waals surface area contributed by atoms with Gasteiger partial charge in [-0.3, -0.25) is 4.79 Å². The predicted molar refractivity (Wildman–Crippen MR) is 88.7 cm³/mol. The predicted octanol–water partition coefficient (Wildman–Crippen LogP) is 3.17. The van der Waals surface area contributed by atoms with E-state index < -0.39 is 0 Å². The molecule has 22 heavy (non-hydrogen) atoms. The first kappa shape index (κ1) is 16.8. The summed E-state index contributed by atoms with van der Waals surface area (Å²) in [5.74, 6) is 1.29. The number of hydrogen-bond acceptors (Lipinski definition) is 3. The van der Waals surface area contributed by atoms with Gasteiger partial charge in [0.25, 0.3) is 0 Å². The Morgan fingerprint density at radius 1 is 1.36 bits per heavy atom. The lowest BCUT2D eigenvalue weighted by molar-refractivity contribution is -0.122. The fraction of sp³-hybridized carbons (Fsp3) is 0.611. The first-order valence-electron chi connectivity index (χ1n) is 8.42. The van der Waals surface area contributed by atoms with Crippen molar-refractivity contribution in [1.29, 1.82) is 0 Å². The molecule has 1 aliphatic carbocycles. The lowest BCUT2D eigenvalue weighted by atomic mass is 9.98. The van der Waals surface area contributed by atoms with E-state index in [1.165, 1.54) is 0 Å². The van der Waals surface area contributed by atoms with Crippen LogP contribution in [0.25, 0.3) is 0 Å². The average molecular weight is 304 g/mol. The van der Waals surface area contributed by atoms with Crippen LogP contribution in [-0.2, 0) is 4.79 Å². The highest BCUT2D eigenvalue weighted by molar-refractivity contribution is 5.77. The molecule has 1 unspecified atom stereocenters. The second-order valence-corrected chi connectivity index (χ2v) is 6.06. The zero-order chi connectivity index (χ0) is 15.9. The van der Waals surface area contributed by atoms with Crippen LogP contribution in [0.1, 0.15) is 57.6 Å². The van der Waals surface area contributed by atoms with Crippen LogP contribution in [0.2, 0.25) is 0 Å². The van der Waals surface area contributed by atoms with Gasteiger partial charge in [-0.25, -0.2) is 0 Å². The third kappa shape index (κ3) is 4.23. The van der Waals surface area contributed by atoms with E-state index >= 15 is 0 Å². The fourth-order valence-electron chi connectivity index (χ4n) is 3.27. The van der Waals surface area contributed by atoms with Gasteiger partial charge in [-0.2, -0.15) is 0 Å². The molecule has 3 N–H and O–H groups in total. The lowest BCUT2D eigenvalue weighted by Crippen LogP contribution is -2.33. The van der Waals surface area contributed by atoms with Crippen LogP contribution in [-0.4, -0.2) is 18.6 Å². The van der Waals surface area contributed by atoms with Crippen LogP contribution >= 0.6 is 0 Å². The van der Waals surface area contributed by atoms with Gasteiger partial charge in [0.05, 0.1) is 12.6 Å². The monoisotopic (exact) mass is 304 g/mol. The molecule has 0 heterocycles. The summed E-state index contributed by atoms with van der Waals surface area (Å²) in [5, 5.41) is 3.15. The number of carbonyl (C=O) groups excluding carboxylic acids is 1. The summed E-state index contributed by atoms with van der Waals surface area (Å²) in [6, 6.07) is 8.11. The molecule has 1 aromatic carbocycles. The smallest absolute Gasteiger partial charge is 0.220 e. The van der Waals surface area contributed by atoms with Crippen molar-refractivity contribution in [1.82, 2.24) is 5.32 Å². The molecular formula is C18H28N2O2. The number of nitrogens with two attached hydrogens (primary N) is 1. The summed E-state index contributed by atoms with van der Waals surface area (Å²) in [6.07, 6.45) is 4.63. The third-order valence-electron chi connectivity index (χ3n) is 4.50. The van der Waals surface area contributed by atoms with Crippen molar-refractivity contribution >= 4 is 5.91 Å². The minimum absolute atomic E-state index is 0.00659. The number of nitrogens with one attached hydrogen (secondary N) is 1. The van der Waals surface area contributed by atoms with Gasteiger partial charge in [-0.1, -0.05) is 31.5 Å². The van der Waals surface area contributed by atoms with E-state index in [9.17, 15) is 4.79 Å². The topological polar surface area (TPSA) is 64.3 Å². The van der Waals surface area contributed by atoms with Crippen LogP contribution in [0.15, 0.2) is 24.3 Å². The number of rotatable bonds is 7. The lowest BCUT2D eigenvalue weighted by Gasteiger charge is -2.22. The van der Waals surface area contributed by atoms with Gasteiger partial charge >= 0.3 is 0 Å². The summed E-state index contributed by atoms with van der Waals surface area (Å²) in [5.41, 5.74) is 7.12. The molecule has 0 saturated heterocycles. The van der Waals surface area contributed by atoms with E-state index in [0.717, 1.165) is 37.0 Å². The second kappa shape index (κ2) is 8.18. The van der Waals surface area contributed by atoms with E-state index in [2.05, 4.69) is 12.2 Å². The van der Waals surface area contributed by atoms with Gasteiger partial charge in [-0.15, -0.1) is 0 Å². The quantitative estimate of drug-likeness (QED) is 0.813. The highest BCUT2D eigenvalue weighted by Gasteiger charge is 2.27. The summed E-state index contributed by atoms with van der Waals surface area (Å²) >= 11 is 0. The molecule has 4 nitrogen and oxygen atoms in total.